The topological polar surface area (TPSA) is 93.9 Å². The molecule has 1 aliphatic heterocycles. The van der Waals surface area contributed by atoms with E-state index in [4.69, 9.17) is 20.8 Å². The van der Waals surface area contributed by atoms with Gasteiger partial charge in [-0.1, -0.05) is 23.7 Å². The Kier molecular flexibility index (Phi) is 6.26. The van der Waals surface area contributed by atoms with Crippen molar-refractivity contribution in [2.75, 3.05) is 18.1 Å². The molecule has 32 heavy (non-hydrogen) atoms. The molecule has 0 aliphatic carbocycles. The lowest BCUT2D eigenvalue weighted by Gasteiger charge is -2.28. The second kappa shape index (κ2) is 8.96. The average molecular weight is 476 g/mol. The van der Waals surface area contributed by atoms with Crippen molar-refractivity contribution < 1.29 is 22.4 Å². The lowest BCUT2D eigenvalue weighted by atomic mass is 10.1. The van der Waals surface area contributed by atoms with Crippen molar-refractivity contribution in [2.24, 2.45) is 0 Å². The Hall–Kier alpha value is -2.84. The van der Waals surface area contributed by atoms with Crippen molar-refractivity contribution in [1.29, 1.82) is 0 Å². The van der Waals surface area contributed by atoms with Gasteiger partial charge >= 0.3 is 0 Å². The van der Waals surface area contributed by atoms with Crippen molar-refractivity contribution in [3.63, 3.8) is 0 Å². The fraction of sp³-hybridized carbons (Fsp3) is 0.304. The second-order valence-electron chi connectivity index (χ2n) is 7.68. The van der Waals surface area contributed by atoms with Gasteiger partial charge < -0.3 is 14.1 Å². The zero-order valence-electron chi connectivity index (χ0n) is 17.4. The molecule has 1 fully saturated rings. The quantitative estimate of drug-likeness (QED) is 0.540. The van der Waals surface area contributed by atoms with Gasteiger partial charge in [0.25, 0.3) is 5.91 Å². The molecule has 0 N–H and O–H groups in total. The fourth-order valence-corrected chi connectivity index (χ4v) is 5.72. The third-order valence-electron chi connectivity index (χ3n) is 5.40. The summed E-state index contributed by atoms with van der Waals surface area (Å²) >= 11 is 5.96. The van der Waals surface area contributed by atoms with Crippen molar-refractivity contribution in [3.8, 4) is 5.75 Å². The largest absolute Gasteiger partial charge is 0.494 e. The Morgan fingerprint density at radius 1 is 1.19 bits per heavy atom. The first-order chi connectivity index (χ1) is 15.3. The molecule has 2 heterocycles. The van der Waals surface area contributed by atoms with Gasteiger partial charge in [-0.25, -0.2) is 8.42 Å². The van der Waals surface area contributed by atoms with Crippen LogP contribution in [0.4, 0.5) is 0 Å². The Balaban J connectivity index is 1.69. The monoisotopic (exact) mass is 475 g/mol. The minimum Gasteiger partial charge on any atom is -0.494 e. The molecular formula is C23H22ClNO6S. The van der Waals surface area contributed by atoms with E-state index in [1.165, 1.54) is 17.0 Å². The van der Waals surface area contributed by atoms with E-state index in [0.717, 1.165) is 11.6 Å². The molecular weight excluding hydrogens is 454 g/mol. The van der Waals surface area contributed by atoms with Crippen LogP contribution >= 0.6 is 11.6 Å². The lowest BCUT2D eigenvalue weighted by molar-refractivity contribution is 0.0648. The summed E-state index contributed by atoms with van der Waals surface area (Å²) in [4.78, 5) is 27.5. The maximum absolute atomic E-state index is 13.4. The van der Waals surface area contributed by atoms with Gasteiger partial charge in [-0.2, -0.15) is 0 Å². The van der Waals surface area contributed by atoms with Crippen LogP contribution in [0.1, 0.15) is 29.5 Å². The van der Waals surface area contributed by atoms with Crippen LogP contribution in [0.25, 0.3) is 11.0 Å². The zero-order chi connectivity index (χ0) is 22.9. The Bertz CT molecular complexity index is 1320. The first-order valence-corrected chi connectivity index (χ1v) is 12.4. The van der Waals surface area contributed by atoms with E-state index < -0.39 is 27.2 Å². The van der Waals surface area contributed by atoms with Crippen LogP contribution in [0.15, 0.2) is 57.7 Å². The van der Waals surface area contributed by atoms with E-state index in [1.807, 2.05) is 19.1 Å². The number of hydrogen-bond donors (Lipinski definition) is 0. The predicted molar refractivity (Wildman–Crippen MR) is 122 cm³/mol. The number of carbonyl (C=O) groups excluding carboxylic acids is 1. The summed E-state index contributed by atoms with van der Waals surface area (Å²) in [6, 6.07) is 12.5. The first-order valence-electron chi connectivity index (χ1n) is 10.2. The molecule has 1 saturated heterocycles. The zero-order valence-corrected chi connectivity index (χ0v) is 19.0. The van der Waals surface area contributed by atoms with Gasteiger partial charge in [0.15, 0.2) is 21.0 Å². The minimum atomic E-state index is -3.23. The van der Waals surface area contributed by atoms with Crippen LogP contribution in [0.2, 0.25) is 5.02 Å². The van der Waals surface area contributed by atoms with Crippen molar-refractivity contribution in [1.82, 2.24) is 4.90 Å². The standard InChI is InChI=1S/C23H22ClNO6S/c1-2-30-18-6-3-15(4-7-18)13-25(17-9-10-32(28,29)14-17)23(27)22-12-20(26)19-11-16(24)5-8-21(19)31-22/h3-8,11-12,17H,2,9-10,13-14H2,1H3. The summed E-state index contributed by atoms with van der Waals surface area (Å²) in [5.74, 6) is -0.0691. The van der Waals surface area contributed by atoms with Gasteiger partial charge in [0, 0.05) is 23.7 Å². The van der Waals surface area contributed by atoms with Crippen LogP contribution < -0.4 is 10.2 Å². The minimum absolute atomic E-state index is 0.0187. The van der Waals surface area contributed by atoms with Crippen molar-refractivity contribution in [2.45, 2.75) is 25.9 Å². The van der Waals surface area contributed by atoms with E-state index >= 15 is 0 Å². The number of nitrogens with zero attached hydrogens (tertiary/aromatic N) is 1. The van der Waals surface area contributed by atoms with Crippen molar-refractivity contribution >= 4 is 38.3 Å². The molecule has 1 aliphatic rings. The highest BCUT2D eigenvalue weighted by atomic mass is 35.5. The summed E-state index contributed by atoms with van der Waals surface area (Å²) in [5, 5.41) is 0.660. The summed E-state index contributed by atoms with van der Waals surface area (Å²) in [5.41, 5.74) is 0.656. The van der Waals surface area contributed by atoms with Crippen LogP contribution in [0.3, 0.4) is 0 Å². The number of amides is 1. The van der Waals surface area contributed by atoms with Crippen LogP contribution in [-0.4, -0.2) is 43.4 Å². The maximum Gasteiger partial charge on any atom is 0.290 e. The van der Waals surface area contributed by atoms with Gasteiger partial charge in [-0.3, -0.25) is 9.59 Å². The SMILES string of the molecule is CCOc1ccc(CN(C(=O)c2cc(=O)c3cc(Cl)ccc3o2)C2CCS(=O)(=O)C2)cc1. The molecule has 1 unspecified atom stereocenters. The molecule has 7 nitrogen and oxygen atoms in total. The summed E-state index contributed by atoms with van der Waals surface area (Å²) in [6.45, 7) is 2.60. The van der Waals surface area contributed by atoms with Gasteiger partial charge in [-0.15, -0.1) is 0 Å². The number of rotatable bonds is 6. The lowest BCUT2D eigenvalue weighted by Crippen LogP contribution is -2.40. The summed E-state index contributed by atoms with van der Waals surface area (Å²) < 4.78 is 35.4. The molecule has 0 saturated carbocycles. The molecule has 1 amide bonds. The van der Waals surface area contributed by atoms with Gasteiger partial charge in [-0.05, 0) is 49.2 Å². The smallest absolute Gasteiger partial charge is 0.290 e. The first kappa shape index (κ1) is 22.4. The molecule has 0 radical (unpaired) electrons. The van der Waals surface area contributed by atoms with Crippen molar-refractivity contribution in [3.05, 3.63) is 75.1 Å². The summed E-state index contributed by atoms with van der Waals surface area (Å²) in [6.07, 6.45) is 0.332. The molecule has 9 heteroatoms. The number of carbonyl (C=O) groups is 1. The Labute approximate surface area is 190 Å². The summed E-state index contributed by atoms with van der Waals surface area (Å²) in [7, 11) is -3.23. The Morgan fingerprint density at radius 2 is 1.94 bits per heavy atom. The third kappa shape index (κ3) is 4.81. The number of fused-ring (bicyclic) bond motifs is 1. The molecule has 2 aromatic carbocycles. The number of hydrogen-bond acceptors (Lipinski definition) is 6. The highest BCUT2D eigenvalue weighted by Crippen LogP contribution is 2.25. The number of halogens is 1. The molecule has 4 rings (SSSR count). The normalized spacial score (nSPS) is 17.4. The van der Waals surface area contributed by atoms with Gasteiger partial charge in [0.2, 0.25) is 0 Å². The second-order valence-corrected chi connectivity index (χ2v) is 10.3. The maximum atomic E-state index is 13.4. The number of sulfone groups is 1. The predicted octanol–water partition coefficient (Wildman–Crippen LogP) is 3.67. The van der Waals surface area contributed by atoms with E-state index in [1.54, 1.807) is 18.2 Å². The van der Waals surface area contributed by atoms with E-state index in [9.17, 15) is 18.0 Å². The molecule has 168 valence electrons. The van der Waals surface area contributed by atoms with Gasteiger partial charge in [0.05, 0.1) is 23.5 Å². The van der Waals surface area contributed by atoms with Crippen LogP contribution in [0.5, 0.6) is 5.75 Å². The highest BCUT2D eigenvalue weighted by Gasteiger charge is 2.36. The van der Waals surface area contributed by atoms with Crippen LogP contribution in [0, 0.1) is 0 Å². The molecule has 1 aromatic heterocycles. The average Bonchev–Trinajstić information content (AvgIpc) is 3.12. The molecule has 3 aromatic rings. The number of ether oxygens (including phenoxy) is 1. The van der Waals surface area contributed by atoms with E-state index in [0.29, 0.717) is 23.8 Å². The van der Waals surface area contributed by atoms with E-state index in [2.05, 4.69) is 0 Å². The molecule has 0 spiro atoms. The fourth-order valence-electron chi connectivity index (χ4n) is 3.82. The molecule has 0 bridgehead atoms. The van der Waals surface area contributed by atoms with Gasteiger partial charge in [0.1, 0.15) is 11.3 Å². The molecule has 1 atom stereocenters. The van der Waals surface area contributed by atoms with E-state index in [-0.39, 0.29) is 34.8 Å². The Morgan fingerprint density at radius 3 is 2.59 bits per heavy atom. The highest BCUT2D eigenvalue weighted by molar-refractivity contribution is 7.91. The number of benzene rings is 2. The van der Waals surface area contributed by atoms with Crippen LogP contribution in [-0.2, 0) is 16.4 Å². The third-order valence-corrected chi connectivity index (χ3v) is 7.38.